The zero-order valence-corrected chi connectivity index (χ0v) is 13.4. The fourth-order valence-corrected chi connectivity index (χ4v) is 3.21. The first kappa shape index (κ1) is 13.8. The lowest BCUT2D eigenvalue weighted by Gasteiger charge is -2.26. The first-order chi connectivity index (χ1) is 11.9. The minimum absolute atomic E-state index is 0.528. The van der Waals surface area contributed by atoms with E-state index in [0.717, 1.165) is 41.9 Å². The maximum Gasteiger partial charge on any atom is 0.227 e. The number of rotatable bonds is 3. The lowest BCUT2D eigenvalue weighted by molar-refractivity contribution is 0.569. The van der Waals surface area contributed by atoms with Gasteiger partial charge < -0.3 is 9.88 Å². The third kappa shape index (κ3) is 2.50. The van der Waals surface area contributed by atoms with E-state index < -0.39 is 0 Å². The van der Waals surface area contributed by atoms with Crippen LogP contribution >= 0.6 is 0 Å². The quantitative estimate of drug-likeness (QED) is 0.798. The average molecular weight is 321 g/mol. The number of nitrogens with zero attached hydrogens (tertiary/aromatic N) is 6. The Hall–Kier alpha value is -2.57. The molecule has 5 rings (SSSR count). The van der Waals surface area contributed by atoms with Crippen LogP contribution in [0.15, 0.2) is 18.5 Å². The molecule has 7 nitrogen and oxygen atoms in total. The summed E-state index contributed by atoms with van der Waals surface area (Å²) < 4.78 is 0. The summed E-state index contributed by atoms with van der Waals surface area (Å²) in [6, 6.07) is 1.89. The SMILES string of the molecule is c1cc(-c2nc3nc(N4CCCCC4)ncc3[nH]2)nc(C2CC2)n1. The monoisotopic (exact) mass is 321 g/mol. The van der Waals surface area contributed by atoms with Crippen LogP contribution in [0.4, 0.5) is 5.95 Å². The lowest BCUT2D eigenvalue weighted by Crippen LogP contribution is -2.30. The first-order valence-corrected chi connectivity index (χ1v) is 8.68. The molecule has 0 unspecified atom stereocenters. The maximum absolute atomic E-state index is 4.65. The Bertz CT molecular complexity index is 878. The van der Waals surface area contributed by atoms with Crippen LogP contribution in [0, 0.1) is 0 Å². The summed E-state index contributed by atoms with van der Waals surface area (Å²) in [5, 5.41) is 0. The van der Waals surface area contributed by atoms with Crippen molar-refractivity contribution in [2.24, 2.45) is 0 Å². The van der Waals surface area contributed by atoms with Crippen LogP contribution in [0.2, 0.25) is 0 Å². The Balaban J connectivity index is 1.50. The highest BCUT2D eigenvalue weighted by atomic mass is 15.3. The number of imidazole rings is 1. The maximum atomic E-state index is 4.65. The molecular formula is C17H19N7. The third-order valence-corrected chi connectivity index (χ3v) is 4.72. The van der Waals surface area contributed by atoms with Crippen molar-refractivity contribution in [3.8, 4) is 11.5 Å². The summed E-state index contributed by atoms with van der Waals surface area (Å²) in [6.45, 7) is 2.05. The van der Waals surface area contributed by atoms with Crippen LogP contribution in [0.1, 0.15) is 43.8 Å². The van der Waals surface area contributed by atoms with Gasteiger partial charge in [-0.15, -0.1) is 0 Å². The second kappa shape index (κ2) is 5.51. The van der Waals surface area contributed by atoms with E-state index >= 15 is 0 Å². The van der Waals surface area contributed by atoms with Crippen molar-refractivity contribution >= 4 is 17.1 Å². The van der Waals surface area contributed by atoms with Gasteiger partial charge in [0.15, 0.2) is 11.5 Å². The minimum Gasteiger partial charge on any atom is -0.341 e. The van der Waals surface area contributed by atoms with E-state index in [2.05, 4.69) is 34.8 Å². The predicted octanol–water partition coefficient (Wildman–Crippen LogP) is 2.68. The summed E-state index contributed by atoms with van der Waals surface area (Å²) in [7, 11) is 0. The molecule has 3 aromatic heterocycles. The molecule has 0 amide bonds. The molecule has 0 spiro atoms. The summed E-state index contributed by atoms with van der Waals surface area (Å²) in [6.07, 6.45) is 9.72. The molecule has 1 saturated heterocycles. The number of hydrogen-bond donors (Lipinski definition) is 1. The molecule has 1 N–H and O–H groups in total. The van der Waals surface area contributed by atoms with Crippen molar-refractivity contribution in [3.05, 3.63) is 24.3 Å². The molecule has 1 aliphatic heterocycles. The fourth-order valence-electron chi connectivity index (χ4n) is 3.21. The molecular weight excluding hydrogens is 302 g/mol. The number of piperidine rings is 1. The highest BCUT2D eigenvalue weighted by Gasteiger charge is 2.27. The van der Waals surface area contributed by atoms with Crippen LogP contribution in [-0.2, 0) is 0 Å². The van der Waals surface area contributed by atoms with E-state index in [4.69, 9.17) is 0 Å². The molecule has 3 aromatic rings. The second-order valence-corrected chi connectivity index (χ2v) is 6.61. The van der Waals surface area contributed by atoms with Crippen molar-refractivity contribution in [1.29, 1.82) is 0 Å². The smallest absolute Gasteiger partial charge is 0.227 e. The number of nitrogens with one attached hydrogen (secondary N) is 1. The molecule has 0 radical (unpaired) electrons. The standard InChI is InChI=1S/C17H19N7/c1-2-8-24(9-3-1)17-19-10-13-16(23-17)22-15(21-13)12-6-7-18-14(20-12)11-4-5-11/h6-7,10-11H,1-5,8-9H2,(H,19,21,22,23). The molecule has 0 atom stereocenters. The highest BCUT2D eigenvalue weighted by molar-refractivity contribution is 5.75. The van der Waals surface area contributed by atoms with E-state index in [1.807, 2.05) is 18.5 Å². The van der Waals surface area contributed by atoms with Gasteiger partial charge in [-0.25, -0.2) is 19.9 Å². The van der Waals surface area contributed by atoms with Gasteiger partial charge >= 0.3 is 0 Å². The molecule has 0 aromatic carbocycles. The molecule has 0 bridgehead atoms. The Kier molecular flexibility index (Phi) is 3.17. The number of anilines is 1. The molecule has 4 heterocycles. The van der Waals surface area contributed by atoms with Crippen molar-refractivity contribution < 1.29 is 0 Å². The summed E-state index contributed by atoms with van der Waals surface area (Å²) in [4.78, 5) is 28.3. The predicted molar refractivity (Wildman–Crippen MR) is 90.7 cm³/mol. The number of hydrogen-bond acceptors (Lipinski definition) is 6. The molecule has 7 heteroatoms. The van der Waals surface area contributed by atoms with Gasteiger partial charge in [-0.2, -0.15) is 4.98 Å². The average Bonchev–Trinajstić information content (AvgIpc) is 3.41. The number of fused-ring (bicyclic) bond motifs is 1. The summed E-state index contributed by atoms with van der Waals surface area (Å²) >= 11 is 0. The number of H-pyrrole nitrogens is 1. The summed E-state index contributed by atoms with van der Waals surface area (Å²) in [5.41, 5.74) is 2.37. The van der Waals surface area contributed by atoms with Gasteiger partial charge in [-0.1, -0.05) is 0 Å². The van der Waals surface area contributed by atoms with E-state index in [9.17, 15) is 0 Å². The molecule has 1 aliphatic carbocycles. The van der Waals surface area contributed by atoms with Gasteiger partial charge in [0.2, 0.25) is 5.95 Å². The van der Waals surface area contributed by atoms with E-state index in [1.165, 1.54) is 32.1 Å². The normalized spacial score (nSPS) is 18.2. The van der Waals surface area contributed by atoms with Crippen LogP contribution in [0.5, 0.6) is 0 Å². The Labute approximate surface area is 139 Å². The first-order valence-electron chi connectivity index (χ1n) is 8.68. The number of aromatic amines is 1. The van der Waals surface area contributed by atoms with Crippen molar-refractivity contribution in [3.63, 3.8) is 0 Å². The van der Waals surface area contributed by atoms with Gasteiger partial charge in [-0.3, -0.25) is 0 Å². The van der Waals surface area contributed by atoms with Gasteiger partial charge in [0.1, 0.15) is 17.0 Å². The van der Waals surface area contributed by atoms with Gasteiger partial charge in [0, 0.05) is 25.2 Å². The second-order valence-electron chi connectivity index (χ2n) is 6.61. The Morgan fingerprint density at radius 2 is 1.88 bits per heavy atom. The zero-order chi connectivity index (χ0) is 15.9. The van der Waals surface area contributed by atoms with Crippen molar-refractivity contribution in [2.45, 2.75) is 38.0 Å². The van der Waals surface area contributed by atoms with E-state index in [0.29, 0.717) is 11.6 Å². The highest BCUT2D eigenvalue weighted by Crippen LogP contribution is 2.38. The molecule has 2 aliphatic rings. The lowest BCUT2D eigenvalue weighted by atomic mass is 10.1. The van der Waals surface area contributed by atoms with Gasteiger partial charge in [-0.05, 0) is 38.2 Å². The van der Waals surface area contributed by atoms with Crippen molar-refractivity contribution in [1.82, 2.24) is 29.9 Å². The van der Waals surface area contributed by atoms with Crippen LogP contribution < -0.4 is 4.90 Å². The van der Waals surface area contributed by atoms with E-state index in [-0.39, 0.29) is 0 Å². The molecule has 1 saturated carbocycles. The molecule has 24 heavy (non-hydrogen) atoms. The molecule has 2 fully saturated rings. The number of aromatic nitrogens is 6. The zero-order valence-electron chi connectivity index (χ0n) is 13.4. The summed E-state index contributed by atoms with van der Waals surface area (Å²) in [5.74, 6) is 2.97. The van der Waals surface area contributed by atoms with Gasteiger partial charge in [0.25, 0.3) is 0 Å². The Morgan fingerprint density at radius 1 is 1.00 bits per heavy atom. The largest absolute Gasteiger partial charge is 0.341 e. The van der Waals surface area contributed by atoms with Crippen LogP contribution in [-0.4, -0.2) is 43.0 Å². The van der Waals surface area contributed by atoms with Crippen molar-refractivity contribution in [2.75, 3.05) is 18.0 Å². The Morgan fingerprint density at radius 3 is 2.71 bits per heavy atom. The third-order valence-electron chi connectivity index (χ3n) is 4.72. The van der Waals surface area contributed by atoms with Crippen LogP contribution in [0.25, 0.3) is 22.7 Å². The van der Waals surface area contributed by atoms with Gasteiger partial charge in [0.05, 0.1) is 6.20 Å². The topological polar surface area (TPSA) is 83.5 Å². The fraction of sp³-hybridized carbons (Fsp3) is 0.471. The molecule has 122 valence electrons. The minimum atomic E-state index is 0.528. The van der Waals surface area contributed by atoms with Crippen LogP contribution in [0.3, 0.4) is 0 Å². The van der Waals surface area contributed by atoms with E-state index in [1.54, 1.807) is 0 Å².